The molecule has 2 rings (SSSR count). The van der Waals surface area contributed by atoms with Crippen molar-refractivity contribution in [3.8, 4) is 0 Å². The fourth-order valence-electron chi connectivity index (χ4n) is 3.33. The Balaban J connectivity index is 1.91. The quantitative estimate of drug-likeness (QED) is 0.804. The summed E-state index contributed by atoms with van der Waals surface area (Å²) >= 11 is 0. The van der Waals surface area contributed by atoms with E-state index in [1.807, 2.05) is 6.92 Å². The monoisotopic (exact) mass is 241 g/mol. The van der Waals surface area contributed by atoms with E-state index in [0.717, 1.165) is 32.5 Å². The predicted octanol–water partition coefficient (Wildman–Crippen LogP) is 2.48. The van der Waals surface area contributed by atoms with Crippen LogP contribution in [0.4, 0.5) is 0 Å². The van der Waals surface area contributed by atoms with Crippen molar-refractivity contribution in [1.29, 1.82) is 0 Å². The van der Waals surface area contributed by atoms with E-state index in [4.69, 9.17) is 15.2 Å². The van der Waals surface area contributed by atoms with Gasteiger partial charge in [0.2, 0.25) is 0 Å². The lowest BCUT2D eigenvalue weighted by atomic mass is 9.70. The summed E-state index contributed by atoms with van der Waals surface area (Å²) in [5, 5.41) is 0. The molecule has 1 saturated heterocycles. The third-order valence-corrected chi connectivity index (χ3v) is 4.55. The third-order valence-electron chi connectivity index (χ3n) is 4.55. The van der Waals surface area contributed by atoms with Crippen LogP contribution in [0.5, 0.6) is 0 Å². The Kier molecular flexibility index (Phi) is 4.45. The van der Waals surface area contributed by atoms with E-state index < -0.39 is 0 Å². The Labute approximate surface area is 105 Å². The molecule has 2 fully saturated rings. The first kappa shape index (κ1) is 13.3. The number of ether oxygens (including phenoxy) is 2. The topological polar surface area (TPSA) is 44.5 Å². The highest BCUT2D eigenvalue weighted by atomic mass is 16.5. The van der Waals surface area contributed by atoms with Gasteiger partial charge in [0, 0.05) is 19.3 Å². The molecule has 0 aromatic heterocycles. The number of nitrogens with two attached hydrogens (primary N) is 1. The van der Waals surface area contributed by atoms with Gasteiger partial charge in [-0.15, -0.1) is 0 Å². The first-order chi connectivity index (χ1) is 8.21. The maximum absolute atomic E-state index is 6.41. The van der Waals surface area contributed by atoms with Gasteiger partial charge in [0.25, 0.3) is 0 Å². The summed E-state index contributed by atoms with van der Waals surface area (Å²) in [6, 6.07) is 0.182. The molecule has 3 unspecified atom stereocenters. The van der Waals surface area contributed by atoms with Crippen LogP contribution in [0.1, 0.15) is 52.4 Å². The largest absolute Gasteiger partial charge is 0.377 e. The summed E-state index contributed by atoms with van der Waals surface area (Å²) in [5.41, 5.74) is 6.61. The standard InChI is InChI=1S/C14H27NO2/c1-3-12(16-4-2)13(15)11-6-9-17-14(10-11)7-5-8-14/h11-13H,3-10,15H2,1-2H3. The minimum absolute atomic E-state index is 0.182. The maximum atomic E-state index is 6.41. The molecule has 0 bridgehead atoms. The highest BCUT2D eigenvalue weighted by molar-refractivity contribution is 4.97. The normalized spacial score (nSPS) is 30.9. The van der Waals surface area contributed by atoms with Gasteiger partial charge in [0.1, 0.15) is 0 Å². The Morgan fingerprint density at radius 1 is 1.41 bits per heavy atom. The van der Waals surface area contributed by atoms with Crippen LogP contribution in [0.15, 0.2) is 0 Å². The van der Waals surface area contributed by atoms with Crippen molar-refractivity contribution in [2.75, 3.05) is 13.2 Å². The smallest absolute Gasteiger partial charge is 0.0725 e. The van der Waals surface area contributed by atoms with Gasteiger partial charge < -0.3 is 15.2 Å². The number of rotatable bonds is 5. The zero-order chi connectivity index (χ0) is 12.3. The molecular formula is C14H27NO2. The molecule has 3 atom stereocenters. The SMILES string of the molecule is CCOC(CC)C(N)C1CCOC2(CCC2)C1. The van der Waals surface area contributed by atoms with Crippen molar-refractivity contribution in [2.45, 2.75) is 70.1 Å². The van der Waals surface area contributed by atoms with Crippen molar-refractivity contribution in [2.24, 2.45) is 11.7 Å². The fourth-order valence-corrected chi connectivity index (χ4v) is 3.33. The first-order valence-electron chi connectivity index (χ1n) is 7.22. The summed E-state index contributed by atoms with van der Waals surface area (Å²) in [6.45, 7) is 5.87. The van der Waals surface area contributed by atoms with Crippen molar-refractivity contribution in [1.82, 2.24) is 0 Å². The van der Waals surface area contributed by atoms with Crippen LogP contribution in [0, 0.1) is 5.92 Å². The van der Waals surface area contributed by atoms with Crippen molar-refractivity contribution in [3.63, 3.8) is 0 Å². The molecule has 0 aromatic carbocycles. The Hall–Kier alpha value is -0.120. The van der Waals surface area contributed by atoms with E-state index in [1.54, 1.807) is 0 Å². The van der Waals surface area contributed by atoms with Crippen molar-refractivity contribution in [3.05, 3.63) is 0 Å². The van der Waals surface area contributed by atoms with Gasteiger partial charge in [-0.25, -0.2) is 0 Å². The lowest BCUT2D eigenvalue weighted by Gasteiger charge is -2.49. The molecule has 0 amide bonds. The highest BCUT2D eigenvalue weighted by Gasteiger charge is 2.44. The second-order valence-corrected chi connectivity index (χ2v) is 5.62. The summed E-state index contributed by atoms with van der Waals surface area (Å²) < 4.78 is 11.7. The minimum atomic E-state index is 0.182. The average molecular weight is 241 g/mol. The van der Waals surface area contributed by atoms with Crippen LogP contribution >= 0.6 is 0 Å². The maximum Gasteiger partial charge on any atom is 0.0725 e. The Morgan fingerprint density at radius 3 is 2.71 bits per heavy atom. The zero-order valence-corrected chi connectivity index (χ0v) is 11.3. The van der Waals surface area contributed by atoms with Crippen molar-refractivity contribution >= 4 is 0 Å². The lowest BCUT2D eigenvalue weighted by molar-refractivity contribution is -0.151. The number of hydrogen-bond acceptors (Lipinski definition) is 3. The molecular weight excluding hydrogens is 214 g/mol. The molecule has 2 N–H and O–H groups in total. The van der Waals surface area contributed by atoms with Crippen LogP contribution in [-0.2, 0) is 9.47 Å². The lowest BCUT2D eigenvalue weighted by Crippen LogP contribution is -2.52. The molecule has 17 heavy (non-hydrogen) atoms. The number of hydrogen-bond donors (Lipinski definition) is 1. The molecule has 100 valence electrons. The second-order valence-electron chi connectivity index (χ2n) is 5.62. The predicted molar refractivity (Wildman–Crippen MR) is 68.9 cm³/mol. The van der Waals surface area contributed by atoms with Gasteiger partial charge in [-0.3, -0.25) is 0 Å². The molecule has 1 saturated carbocycles. The second kappa shape index (κ2) is 5.68. The molecule has 0 aromatic rings. The minimum Gasteiger partial charge on any atom is -0.377 e. The van der Waals surface area contributed by atoms with E-state index in [1.165, 1.54) is 19.3 Å². The van der Waals surface area contributed by atoms with Gasteiger partial charge in [0.05, 0.1) is 11.7 Å². The van der Waals surface area contributed by atoms with E-state index in [9.17, 15) is 0 Å². The summed E-state index contributed by atoms with van der Waals surface area (Å²) in [5.74, 6) is 0.584. The van der Waals surface area contributed by atoms with Gasteiger partial charge in [-0.05, 0) is 51.4 Å². The van der Waals surface area contributed by atoms with E-state index >= 15 is 0 Å². The van der Waals surface area contributed by atoms with E-state index in [2.05, 4.69) is 6.92 Å². The molecule has 1 aliphatic carbocycles. The Morgan fingerprint density at radius 2 is 2.18 bits per heavy atom. The fraction of sp³-hybridized carbons (Fsp3) is 1.00. The van der Waals surface area contributed by atoms with Crippen LogP contribution in [0.2, 0.25) is 0 Å². The van der Waals surface area contributed by atoms with Crippen LogP contribution in [-0.4, -0.2) is 31.0 Å². The summed E-state index contributed by atoms with van der Waals surface area (Å²) in [4.78, 5) is 0. The first-order valence-corrected chi connectivity index (χ1v) is 7.22. The van der Waals surface area contributed by atoms with Gasteiger partial charge in [0.15, 0.2) is 0 Å². The van der Waals surface area contributed by atoms with Gasteiger partial charge in [-0.2, -0.15) is 0 Å². The van der Waals surface area contributed by atoms with E-state index in [0.29, 0.717) is 5.92 Å². The van der Waals surface area contributed by atoms with Crippen molar-refractivity contribution < 1.29 is 9.47 Å². The summed E-state index contributed by atoms with van der Waals surface area (Å²) in [7, 11) is 0. The average Bonchev–Trinajstić information content (AvgIpc) is 2.33. The molecule has 1 aliphatic heterocycles. The summed E-state index contributed by atoms with van der Waals surface area (Å²) in [6.07, 6.45) is 7.29. The molecule has 2 aliphatic rings. The van der Waals surface area contributed by atoms with E-state index in [-0.39, 0.29) is 17.7 Å². The molecule has 1 heterocycles. The van der Waals surface area contributed by atoms with Gasteiger partial charge >= 0.3 is 0 Å². The Bertz CT molecular complexity index is 240. The molecule has 3 heteroatoms. The third kappa shape index (κ3) is 2.83. The van der Waals surface area contributed by atoms with Crippen LogP contribution < -0.4 is 5.73 Å². The molecule has 3 nitrogen and oxygen atoms in total. The molecule has 0 radical (unpaired) electrons. The zero-order valence-electron chi connectivity index (χ0n) is 11.3. The molecule has 1 spiro atoms. The highest BCUT2D eigenvalue weighted by Crippen LogP contribution is 2.45. The van der Waals surface area contributed by atoms with Gasteiger partial charge in [-0.1, -0.05) is 6.92 Å². The van der Waals surface area contributed by atoms with Crippen LogP contribution in [0.25, 0.3) is 0 Å². The van der Waals surface area contributed by atoms with Crippen LogP contribution in [0.3, 0.4) is 0 Å².